The number of nitrogens with zero attached hydrogens (tertiary/aromatic N) is 1. The zero-order valence-electron chi connectivity index (χ0n) is 9.69. The van der Waals surface area contributed by atoms with Crippen molar-refractivity contribution in [2.24, 2.45) is 0 Å². The number of methoxy groups -OCH3 is 1. The fraction of sp³-hybridized carbons (Fsp3) is 0.167. The predicted octanol–water partition coefficient (Wildman–Crippen LogP) is 3.15. The molecular weight excluding hydrogens is 263 g/mol. The first-order valence-electron chi connectivity index (χ1n) is 5.15. The van der Waals surface area contributed by atoms with Gasteiger partial charge >= 0.3 is 12.1 Å². The van der Waals surface area contributed by atoms with Gasteiger partial charge in [-0.15, -0.1) is 0 Å². The van der Waals surface area contributed by atoms with E-state index >= 15 is 0 Å². The Bertz CT molecular complexity index is 604. The van der Waals surface area contributed by atoms with Crippen molar-refractivity contribution in [3.05, 3.63) is 41.6 Å². The number of benzene rings is 1. The summed E-state index contributed by atoms with van der Waals surface area (Å²) in [4.78, 5) is 11.2. The van der Waals surface area contributed by atoms with Crippen LogP contribution >= 0.6 is 0 Å². The summed E-state index contributed by atoms with van der Waals surface area (Å²) < 4.78 is 47.6. The van der Waals surface area contributed by atoms with Gasteiger partial charge in [0.15, 0.2) is 11.5 Å². The van der Waals surface area contributed by atoms with E-state index < -0.39 is 17.7 Å². The summed E-state index contributed by atoms with van der Waals surface area (Å²) in [6.45, 7) is 0. The van der Waals surface area contributed by atoms with Gasteiger partial charge in [-0.25, -0.2) is 4.79 Å². The third-order valence-corrected chi connectivity index (χ3v) is 2.40. The molecule has 0 aliphatic carbocycles. The average molecular weight is 271 g/mol. The molecule has 0 unspecified atom stereocenters. The molecule has 2 aromatic rings. The Morgan fingerprint density at radius 3 is 2.63 bits per heavy atom. The van der Waals surface area contributed by atoms with Crippen molar-refractivity contribution in [3.8, 4) is 11.3 Å². The van der Waals surface area contributed by atoms with Crippen molar-refractivity contribution < 1.29 is 27.2 Å². The molecule has 100 valence electrons. The van der Waals surface area contributed by atoms with Crippen LogP contribution in [0.2, 0.25) is 0 Å². The third-order valence-electron chi connectivity index (χ3n) is 2.40. The van der Waals surface area contributed by atoms with E-state index in [1.807, 2.05) is 0 Å². The van der Waals surface area contributed by atoms with Crippen LogP contribution in [0.4, 0.5) is 13.2 Å². The molecule has 0 saturated carbocycles. The second kappa shape index (κ2) is 4.75. The largest absolute Gasteiger partial charge is 0.464 e. The lowest BCUT2D eigenvalue weighted by Crippen LogP contribution is -2.06. The molecular formula is C12H8F3NO3. The van der Waals surface area contributed by atoms with Crippen LogP contribution < -0.4 is 0 Å². The van der Waals surface area contributed by atoms with Crippen LogP contribution in [0.15, 0.2) is 34.9 Å². The number of hydrogen-bond acceptors (Lipinski definition) is 4. The van der Waals surface area contributed by atoms with Gasteiger partial charge in [0.25, 0.3) is 0 Å². The zero-order chi connectivity index (χ0) is 14.0. The summed E-state index contributed by atoms with van der Waals surface area (Å²) in [6, 6.07) is 5.98. The van der Waals surface area contributed by atoms with Gasteiger partial charge in [-0.3, -0.25) is 0 Å². The van der Waals surface area contributed by atoms with Crippen LogP contribution in [0.1, 0.15) is 16.1 Å². The molecule has 0 fully saturated rings. The molecule has 0 radical (unpaired) electrons. The molecule has 0 spiro atoms. The maximum Gasteiger partial charge on any atom is 0.417 e. The predicted molar refractivity (Wildman–Crippen MR) is 58.3 cm³/mol. The van der Waals surface area contributed by atoms with Crippen molar-refractivity contribution >= 4 is 5.97 Å². The quantitative estimate of drug-likeness (QED) is 0.787. The van der Waals surface area contributed by atoms with Gasteiger partial charge in [-0.2, -0.15) is 13.2 Å². The molecule has 0 aliphatic heterocycles. The van der Waals surface area contributed by atoms with Crippen LogP contribution in [0, 0.1) is 0 Å². The lowest BCUT2D eigenvalue weighted by molar-refractivity contribution is -0.137. The number of alkyl halides is 3. The molecule has 0 saturated heterocycles. The maximum atomic E-state index is 12.8. The molecule has 0 aliphatic rings. The highest BCUT2D eigenvalue weighted by Crippen LogP contribution is 2.37. The van der Waals surface area contributed by atoms with Gasteiger partial charge in [-0.1, -0.05) is 23.4 Å². The maximum absolute atomic E-state index is 12.8. The smallest absolute Gasteiger partial charge is 0.417 e. The van der Waals surface area contributed by atoms with Gasteiger partial charge in [0.2, 0.25) is 0 Å². The second-order valence-corrected chi connectivity index (χ2v) is 3.61. The van der Waals surface area contributed by atoms with Crippen molar-refractivity contribution in [3.63, 3.8) is 0 Å². The molecule has 0 atom stereocenters. The first-order valence-corrected chi connectivity index (χ1v) is 5.15. The molecule has 2 rings (SSSR count). The Morgan fingerprint density at radius 1 is 1.32 bits per heavy atom. The van der Waals surface area contributed by atoms with E-state index in [1.165, 1.54) is 18.2 Å². The fourth-order valence-corrected chi connectivity index (χ4v) is 1.55. The molecule has 7 heteroatoms. The van der Waals surface area contributed by atoms with Crippen LogP contribution in [0.5, 0.6) is 0 Å². The molecule has 1 heterocycles. The van der Waals surface area contributed by atoms with Crippen molar-refractivity contribution in [1.29, 1.82) is 0 Å². The summed E-state index contributed by atoms with van der Waals surface area (Å²) in [5.74, 6) is -0.923. The zero-order valence-corrected chi connectivity index (χ0v) is 9.69. The van der Waals surface area contributed by atoms with E-state index in [9.17, 15) is 18.0 Å². The summed E-state index contributed by atoms with van der Waals surface area (Å²) in [6.07, 6.45) is -4.52. The Hall–Kier alpha value is -2.31. The van der Waals surface area contributed by atoms with Gasteiger partial charge in [-0.05, 0) is 6.07 Å². The van der Waals surface area contributed by atoms with E-state index in [-0.39, 0.29) is 17.0 Å². The first-order chi connectivity index (χ1) is 8.93. The molecule has 0 bridgehead atoms. The number of rotatable bonds is 2. The number of carbonyl (C=O) groups excluding carboxylic acids is 1. The van der Waals surface area contributed by atoms with Gasteiger partial charge in [0, 0.05) is 11.6 Å². The van der Waals surface area contributed by atoms with E-state index in [0.29, 0.717) is 0 Å². The Balaban J connectivity index is 2.48. The third kappa shape index (κ3) is 2.59. The van der Waals surface area contributed by atoms with Crippen molar-refractivity contribution in [2.45, 2.75) is 6.18 Å². The minimum atomic E-state index is -4.52. The number of carbonyl (C=O) groups is 1. The fourth-order valence-electron chi connectivity index (χ4n) is 1.55. The minimum absolute atomic E-state index is 0.145. The SMILES string of the molecule is COC(=O)c1cc(-c2ccccc2C(F)(F)F)on1. The van der Waals surface area contributed by atoms with E-state index in [4.69, 9.17) is 4.52 Å². The highest BCUT2D eigenvalue weighted by Gasteiger charge is 2.34. The van der Waals surface area contributed by atoms with Crippen LogP contribution in [0.25, 0.3) is 11.3 Å². The van der Waals surface area contributed by atoms with Gasteiger partial charge in [0.1, 0.15) is 0 Å². The summed E-state index contributed by atoms with van der Waals surface area (Å²) in [7, 11) is 1.14. The number of esters is 1. The van der Waals surface area contributed by atoms with Crippen LogP contribution in [-0.4, -0.2) is 18.2 Å². The molecule has 0 N–H and O–H groups in total. The van der Waals surface area contributed by atoms with E-state index in [0.717, 1.165) is 19.2 Å². The Labute approximate surface area is 105 Å². The average Bonchev–Trinajstić information content (AvgIpc) is 2.86. The topological polar surface area (TPSA) is 52.3 Å². The second-order valence-electron chi connectivity index (χ2n) is 3.61. The van der Waals surface area contributed by atoms with E-state index in [1.54, 1.807) is 0 Å². The Kier molecular flexibility index (Phi) is 3.28. The van der Waals surface area contributed by atoms with Crippen molar-refractivity contribution in [2.75, 3.05) is 7.11 Å². The Morgan fingerprint density at radius 2 is 2.00 bits per heavy atom. The number of hydrogen-bond donors (Lipinski definition) is 0. The molecule has 0 amide bonds. The molecule has 1 aromatic heterocycles. The van der Waals surface area contributed by atoms with Gasteiger partial charge in [0.05, 0.1) is 12.7 Å². The summed E-state index contributed by atoms with van der Waals surface area (Å²) in [5, 5.41) is 3.37. The normalized spacial score (nSPS) is 11.4. The lowest BCUT2D eigenvalue weighted by atomic mass is 10.0. The summed E-state index contributed by atoms with van der Waals surface area (Å²) in [5.41, 5.74) is -1.23. The molecule has 19 heavy (non-hydrogen) atoms. The number of ether oxygens (including phenoxy) is 1. The monoisotopic (exact) mass is 271 g/mol. The highest BCUT2D eigenvalue weighted by molar-refractivity contribution is 5.88. The highest BCUT2D eigenvalue weighted by atomic mass is 19.4. The van der Waals surface area contributed by atoms with Crippen LogP contribution in [-0.2, 0) is 10.9 Å². The van der Waals surface area contributed by atoms with Crippen LogP contribution in [0.3, 0.4) is 0 Å². The van der Waals surface area contributed by atoms with E-state index in [2.05, 4.69) is 9.89 Å². The number of halogens is 3. The standard InChI is InChI=1S/C12H8F3NO3/c1-18-11(17)9-6-10(19-16-9)7-4-2-3-5-8(7)12(13,14)15/h2-6H,1H3. The summed E-state index contributed by atoms with van der Waals surface area (Å²) >= 11 is 0. The molecule has 4 nitrogen and oxygen atoms in total. The minimum Gasteiger partial charge on any atom is -0.464 e. The lowest BCUT2D eigenvalue weighted by Gasteiger charge is -2.09. The van der Waals surface area contributed by atoms with Gasteiger partial charge < -0.3 is 9.26 Å². The first kappa shape index (κ1) is 13.1. The molecule has 1 aromatic carbocycles. The number of aromatic nitrogens is 1. The van der Waals surface area contributed by atoms with Crippen molar-refractivity contribution in [1.82, 2.24) is 5.16 Å².